The number of rotatable bonds is 5. The van der Waals surface area contributed by atoms with Gasteiger partial charge in [0, 0.05) is 6.07 Å². The molecule has 8 heteroatoms. The predicted octanol–water partition coefficient (Wildman–Crippen LogP) is 1.83. The van der Waals surface area contributed by atoms with Gasteiger partial charge in [0.15, 0.2) is 10.5 Å². The monoisotopic (exact) mass is 313 g/mol. The van der Waals surface area contributed by atoms with E-state index in [1.165, 1.54) is 6.26 Å². The first kappa shape index (κ1) is 12.7. The highest BCUT2D eigenvalue weighted by Crippen LogP contribution is 2.17. The molecule has 1 atom stereocenters. The highest BCUT2D eigenvalue weighted by atomic mass is 79.9. The number of aromatic nitrogens is 4. The van der Waals surface area contributed by atoms with Crippen molar-refractivity contribution in [3.05, 3.63) is 28.4 Å². The van der Waals surface area contributed by atoms with Crippen LogP contribution in [-0.2, 0) is 0 Å². The number of hydrogen-bond donors (Lipinski definition) is 2. The molecule has 18 heavy (non-hydrogen) atoms. The highest BCUT2D eigenvalue weighted by Gasteiger charge is 2.19. The lowest BCUT2D eigenvalue weighted by atomic mass is 10.1. The Bertz CT molecular complexity index is 510. The van der Waals surface area contributed by atoms with Gasteiger partial charge >= 0.3 is 0 Å². The first-order chi connectivity index (χ1) is 8.70. The first-order valence-corrected chi connectivity index (χ1v) is 6.28. The van der Waals surface area contributed by atoms with E-state index in [0.29, 0.717) is 16.1 Å². The van der Waals surface area contributed by atoms with Crippen molar-refractivity contribution in [2.45, 2.75) is 25.8 Å². The molecule has 96 valence electrons. The smallest absolute Gasteiger partial charge is 0.255 e. The van der Waals surface area contributed by atoms with Crippen molar-refractivity contribution in [1.82, 2.24) is 25.9 Å². The van der Waals surface area contributed by atoms with E-state index in [4.69, 9.17) is 4.42 Å². The summed E-state index contributed by atoms with van der Waals surface area (Å²) >= 11 is 3.15. The molecule has 0 spiro atoms. The van der Waals surface area contributed by atoms with Gasteiger partial charge in [-0.15, -0.1) is 10.2 Å². The summed E-state index contributed by atoms with van der Waals surface area (Å²) < 4.78 is 5.54. The van der Waals surface area contributed by atoms with Gasteiger partial charge in [-0.2, -0.15) is 5.21 Å². The molecule has 2 heterocycles. The van der Waals surface area contributed by atoms with Gasteiger partial charge in [-0.1, -0.05) is 18.6 Å². The van der Waals surface area contributed by atoms with Crippen LogP contribution in [0.25, 0.3) is 0 Å². The van der Waals surface area contributed by atoms with E-state index >= 15 is 0 Å². The number of hydrogen-bond acceptors (Lipinski definition) is 5. The molecule has 2 rings (SSSR count). The van der Waals surface area contributed by atoms with Gasteiger partial charge in [-0.25, -0.2) is 0 Å². The zero-order valence-corrected chi connectivity index (χ0v) is 11.3. The fraction of sp³-hybridized carbons (Fsp3) is 0.400. The zero-order chi connectivity index (χ0) is 13.0. The van der Waals surface area contributed by atoms with Crippen molar-refractivity contribution in [1.29, 1.82) is 0 Å². The van der Waals surface area contributed by atoms with E-state index in [1.54, 1.807) is 6.07 Å². The molecule has 0 radical (unpaired) electrons. The van der Waals surface area contributed by atoms with Gasteiger partial charge in [0.25, 0.3) is 5.91 Å². The Labute approximate surface area is 111 Å². The molecule has 7 nitrogen and oxygen atoms in total. The maximum atomic E-state index is 12.0. The third-order valence-corrected chi connectivity index (χ3v) is 2.80. The van der Waals surface area contributed by atoms with Crippen molar-refractivity contribution in [2.24, 2.45) is 0 Å². The number of nitrogens with zero attached hydrogens (tertiary/aromatic N) is 3. The van der Waals surface area contributed by atoms with Crippen molar-refractivity contribution in [3.8, 4) is 0 Å². The van der Waals surface area contributed by atoms with E-state index in [2.05, 4.69) is 41.9 Å². The first-order valence-electron chi connectivity index (χ1n) is 5.49. The minimum Gasteiger partial charge on any atom is -0.457 e. The predicted molar refractivity (Wildman–Crippen MR) is 65.7 cm³/mol. The Kier molecular flexibility index (Phi) is 4.08. The van der Waals surface area contributed by atoms with Crippen molar-refractivity contribution in [3.63, 3.8) is 0 Å². The van der Waals surface area contributed by atoms with Gasteiger partial charge in [0.2, 0.25) is 0 Å². The summed E-state index contributed by atoms with van der Waals surface area (Å²) in [5.41, 5.74) is 0.450. The van der Waals surface area contributed by atoms with E-state index < -0.39 is 0 Å². The second kappa shape index (κ2) is 5.76. The van der Waals surface area contributed by atoms with Crippen LogP contribution in [0, 0.1) is 0 Å². The topological polar surface area (TPSA) is 96.7 Å². The van der Waals surface area contributed by atoms with E-state index in [0.717, 1.165) is 12.8 Å². The van der Waals surface area contributed by atoms with Crippen LogP contribution in [0.15, 0.2) is 21.4 Å². The largest absolute Gasteiger partial charge is 0.457 e. The fourth-order valence-electron chi connectivity index (χ4n) is 1.54. The summed E-state index contributed by atoms with van der Waals surface area (Å²) in [4.78, 5) is 12.0. The molecule has 0 aliphatic heterocycles. The Morgan fingerprint density at radius 3 is 3.06 bits per heavy atom. The van der Waals surface area contributed by atoms with Gasteiger partial charge in [-0.3, -0.25) is 4.79 Å². The molecule has 0 unspecified atom stereocenters. The molecule has 0 saturated heterocycles. The number of aromatic amines is 1. The maximum Gasteiger partial charge on any atom is 0.255 e. The Hall–Kier alpha value is -1.70. The molecular weight excluding hydrogens is 302 g/mol. The van der Waals surface area contributed by atoms with Gasteiger partial charge in [0.1, 0.15) is 6.26 Å². The average molecular weight is 314 g/mol. The second-order valence-corrected chi connectivity index (χ2v) is 4.51. The summed E-state index contributed by atoms with van der Waals surface area (Å²) in [5.74, 6) is 0.250. The van der Waals surface area contributed by atoms with Crippen LogP contribution in [0.2, 0.25) is 0 Å². The molecule has 1 amide bonds. The van der Waals surface area contributed by atoms with Gasteiger partial charge in [0.05, 0.1) is 11.6 Å². The molecule has 0 saturated carbocycles. The van der Waals surface area contributed by atoms with Crippen LogP contribution < -0.4 is 5.32 Å². The number of carbonyl (C=O) groups excluding carboxylic acids is 1. The molecule has 0 aliphatic rings. The van der Waals surface area contributed by atoms with Crippen LogP contribution in [0.3, 0.4) is 0 Å². The van der Waals surface area contributed by atoms with Gasteiger partial charge in [-0.05, 0) is 22.4 Å². The normalized spacial score (nSPS) is 12.3. The lowest BCUT2D eigenvalue weighted by Gasteiger charge is -2.13. The number of tetrazole rings is 1. The Morgan fingerprint density at radius 1 is 1.67 bits per heavy atom. The quantitative estimate of drug-likeness (QED) is 0.877. The van der Waals surface area contributed by atoms with Crippen molar-refractivity contribution >= 4 is 21.8 Å². The average Bonchev–Trinajstić information content (AvgIpc) is 2.98. The number of H-pyrrole nitrogens is 1. The Morgan fingerprint density at radius 2 is 2.50 bits per heavy atom. The van der Waals surface area contributed by atoms with Crippen molar-refractivity contribution in [2.75, 3.05) is 0 Å². The standard InChI is InChI=1S/C10H12BrN5O2/c1-2-3-7(9-13-15-16-14-9)12-10(17)6-4-8(11)18-5-6/h4-5,7H,2-3H2,1H3,(H,12,17)(H,13,14,15,16)/t7-/m0/s1. The summed E-state index contributed by atoms with van der Waals surface area (Å²) in [6.45, 7) is 2.02. The number of furan rings is 1. The van der Waals surface area contributed by atoms with E-state index in [9.17, 15) is 4.79 Å². The molecule has 2 aromatic rings. The highest BCUT2D eigenvalue weighted by molar-refractivity contribution is 9.10. The lowest BCUT2D eigenvalue weighted by molar-refractivity contribution is 0.0932. The number of amides is 1. The van der Waals surface area contributed by atoms with E-state index in [-0.39, 0.29) is 11.9 Å². The summed E-state index contributed by atoms with van der Waals surface area (Å²) in [5, 5.41) is 16.5. The second-order valence-electron chi connectivity index (χ2n) is 3.72. The van der Waals surface area contributed by atoms with Crippen LogP contribution in [0.5, 0.6) is 0 Å². The molecular formula is C10H12BrN5O2. The Balaban J connectivity index is 2.07. The molecule has 2 N–H and O–H groups in total. The van der Waals surface area contributed by atoms with Crippen LogP contribution in [0.4, 0.5) is 0 Å². The van der Waals surface area contributed by atoms with Crippen molar-refractivity contribution < 1.29 is 9.21 Å². The minimum absolute atomic E-state index is 0.229. The maximum absolute atomic E-state index is 12.0. The lowest BCUT2D eigenvalue weighted by Crippen LogP contribution is -2.29. The third-order valence-electron chi connectivity index (χ3n) is 2.39. The molecule has 0 fully saturated rings. The number of halogens is 1. The molecule has 0 aliphatic carbocycles. The molecule has 0 aromatic carbocycles. The molecule has 0 bridgehead atoms. The van der Waals surface area contributed by atoms with E-state index in [1.807, 2.05) is 6.92 Å². The zero-order valence-electron chi connectivity index (χ0n) is 9.68. The summed E-state index contributed by atoms with van der Waals surface area (Å²) in [6, 6.07) is 1.35. The van der Waals surface area contributed by atoms with Crippen LogP contribution in [0.1, 0.15) is 42.0 Å². The van der Waals surface area contributed by atoms with Crippen LogP contribution >= 0.6 is 15.9 Å². The number of nitrogens with one attached hydrogen (secondary N) is 2. The molecule has 2 aromatic heterocycles. The minimum atomic E-state index is -0.255. The third kappa shape index (κ3) is 2.95. The SMILES string of the molecule is CCC[C@H](NC(=O)c1coc(Br)c1)c1nn[nH]n1. The summed E-state index contributed by atoms with van der Waals surface area (Å²) in [6.07, 6.45) is 3.03. The number of carbonyl (C=O) groups is 1. The van der Waals surface area contributed by atoms with Crippen LogP contribution in [-0.4, -0.2) is 26.5 Å². The van der Waals surface area contributed by atoms with Gasteiger partial charge < -0.3 is 9.73 Å². The summed E-state index contributed by atoms with van der Waals surface area (Å²) in [7, 11) is 0. The fourth-order valence-corrected chi connectivity index (χ4v) is 1.88.